The molecule has 0 radical (unpaired) electrons. The fraction of sp³-hybridized carbons (Fsp3) is 0.538. The monoisotopic (exact) mass is 254 g/mol. The van der Waals surface area contributed by atoms with Crippen LogP contribution in [0, 0.1) is 0 Å². The van der Waals surface area contributed by atoms with E-state index in [4.69, 9.17) is 16.7 Å². The fourth-order valence-electron chi connectivity index (χ4n) is 2.14. The van der Waals surface area contributed by atoms with E-state index in [1.165, 1.54) is 0 Å². The number of nitrogens with zero attached hydrogens (tertiary/aromatic N) is 2. The van der Waals surface area contributed by atoms with Gasteiger partial charge in [0.1, 0.15) is 0 Å². The van der Waals surface area contributed by atoms with Crippen LogP contribution in [0.3, 0.4) is 0 Å². The smallest absolute Gasteiger partial charge is 0.0696 e. The highest BCUT2D eigenvalue weighted by Gasteiger charge is 2.21. The SMILES string of the molecule is CC1CN(c2ccc(CO)c(Cl)c2)CCN1C. The average Bonchev–Trinajstić information content (AvgIpc) is 2.32. The van der Waals surface area contributed by atoms with Crippen LogP contribution < -0.4 is 4.90 Å². The molecule has 1 atom stereocenters. The van der Waals surface area contributed by atoms with Crippen molar-refractivity contribution in [3.05, 3.63) is 28.8 Å². The molecule has 0 amide bonds. The minimum absolute atomic E-state index is 0.00173. The number of aliphatic hydroxyl groups excluding tert-OH is 1. The topological polar surface area (TPSA) is 26.7 Å². The molecule has 1 aromatic rings. The zero-order chi connectivity index (χ0) is 12.4. The van der Waals surface area contributed by atoms with Gasteiger partial charge in [0.25, 0.3) is 0 Å². The van der Waals surface area contributed by atoms with Gasteiger partial charge in [-0.25, -0.2) is 0 Å². The molecule has 1 fully saturated rings. The van der Waals surface area contributed by atoms with Crippen molar-refractivity contribution in [1.82, 2.24) is 4.90 Å². The van der Waals surface area contributed by atoms with Crippen LogP contribution in [-0.4, -0.2) is 42.7 Å². The van der Waals surface area contributed by atoms with Crippen molar-refractivity contribution >= 4 is 17.3 Å². The van der Waals surface area contributed by atoms with Gasteiger partial charge in [0.05, 0.1) is 6.61 Å². The number of hydrogen-bond donors (Lipinski definition) is 1. The molecule has 0 saturated carbocycles. The quantitative estimate of drug-likeness (QED) is 0.874. The summed E-state index contributed by atoms with van der Waals surface area (Å²) in [7, 11) is 2.16. The molecule has 0 spiro atoms. The molecule has 1 saturated heterocycles. The van der Waals surface area contributed by atoms with Crippen molar-refractivity contribution in [2.75, 3.05) is 31.6 Å². The molecule has 0 aromatic heterocycles. The van der Waals surface area contributed by atoms with Gasteiger partial charge in [-0.15, -0.1) is 0 Å². The van der Waals surface area contributed by atoms with Crippen molar-refractivity contribution < 1.29 is 5.11 Å². The van der Waals surface area contributed by atoms with Gasteiger partial charge in [-0.3, -0.25) is 0 Å². The van der Waals surface area contributed by atoms with Gasteiger partial charge in [-0.1, -0.05) is 17.7 Å². The van der Waals surface area contributed by atoms with Crippen molar-refractivity contribution in [2.45, 2.75) is 19.6 Å². The Morgan fingerprint density at radius 1 is 1.41 bits per heavy atom. The van der Waals surface area contributed by atoms with E-state index in [9.17, 15) is 0 Å². The number of hydrogen-bond acceptors (Lipinski definition) is 3. The predicted molar refractivity (Wildman–Crippen MR) is 71.7 cm³/mol. The van der Waals surface area contributed by atoms with Gasteiger partial charge >= 0.3 is 0 Å². The second-order valence-electron chi connectivity index (χ2n) is 4.71. The van der Waals surface area contributed by atoms with Crippen LogP contribution in [0.4, 0.5) is 5.69 Å². The lowest BCUT2D eigenvalue weighted by Crippen LogP contribution is -2.50. The summed E-state index contributed by atoms with van der Waals surface area (Å²) < 4.78 is 0. The van der Waals surface area contributed by atoms with Gasteiger partial charge in [-0.05, 0) is 31.7 Å². The first-order chi connectivity index (χ1) is 8.11. The van der Waals surface area contributed by atoms with E-state index < -0.39 is 0 Å². The third-order valence-corrected chi connectivity index (χ3v) is 3.88. The molecule has 2 rings (SSSR count). The lowest BCUT2D eigenvalue weighted by atomic mass is 10.1. The van der Waals surface area contributed by atoms with Gasteiger partial charge in [0.2, 0.25) is 0 Å². The molecular formula is C13H19ClN2O. The molecule has 17 heavy (non-hydrogen) atoms. The first-order valence-corrected chi connectivity index (χ1v) is 6.34. The largest absolute Gasteiger partial charge is 0.392 e. The number of rotatable bonds is 2. The summed E-state index contributed by atoms with van der Waals surface area (Å²) in [6.45, 7) is 5.34. The number of benzene rings is 1. The van der Waals surface area contributed by atoms with Gasteiger partial charge in [0, 0.05) is 36.4 Å². The van der Waals surface area contributed by atoms with Gasteiger partial charge in [-0.2, -0.15) is 0 Å². The predicted octanol–water partition coefficient (Wildman–Crippen LogP) is 1.97. The number of halogens is 1. The minimum Gasteiger partial charge on any atom is -0.392 e. The van der Waals surface area contributed by atoms with E-state index in [2.05, 4.69) is 23.8 Å². The number of piperazine rings is 1. The maximum absolute atomic E-state index is 9.09. The summed E-state index contributed by atoms with van der Waals surface area (Å²) in [6.07, 6.45) is 0. The van der Waals surface area contributed by atoms with Crippen LogP contribution in [0.5, 0.6) is 0 Å². The average molecular weight is 255 g/mol. The lowest BCUT2D eigenvalue weighted by molar-refractivity contribution is 0.234. The maximum Gasteiger partial charge on any atom is 0.0696 e. The van der Waals surface area contributed by atoms with E-state index in [0.717, 1.165) is 30.9 Å². The van der Waals surface area contributed by atoms with Crippen molar-refractivity contribution in [1.29, 1.82) is 0 Å². The van der Waals surface area contributed by atoms with E-state index in [1.54, 1.807) is 0 Å². The Hall–Kier alpha value is -0.770. The molecule has 4 heteroatoms. The Morgan fingerprint density at radius 3 is 2.76 bits per heavy atom. The Bertz CT molecular complexity index is 397. The fourth-order valence-corrected chi connectivity index (χ4v) is 2.38. The standard InChI is InChI=1S/C13H19ClN2O/c1-10-8-16(6-5-15(10)2)12-4-3-11(9-17)13(14)7-12/h3-4,7,10,17H,5-6,8-9H2,1-2H3. The number of anilines is 1. The van der Waals surface area contributed by atoms with Crippen LogP contribution in [-0.2, 0) is 6.61 Å². The van der Waals surface area contributed by atoms with Crippen LogP contribution in [0.2, 0.25) is 5.02 Å². The molecule has 94 valence electrons. The second-order valence-corrected chi connectivity index (χ2v) is 5.12. The van der Waals surface area contributed by atoms with Gasteiger partial charge < -0.3 is 14.9 Å². The second kappa shape index (κ2) is 5.25. The highest BCUT2D eigenvalue weighted by molar-refractivity contribution is 6.31. The Kier molecular flexibility index (Phi) is 3.92. The third kappa shape index (κ3) is 2.73. The van der Waals surface area contributed by atoms with E-state index in [0.29, 0.717) is 11.1 Å². The van der Waals surface area contributed by atoms with E-state index >= 15 is 0 Å². The molecule has 1 heterocycles. The zero-order valence-corrected chi connectivity index (χ0v) is 11.1. The lowest BCUT2D eigenvalue weighted by Gasteiger charge is -2.39. The summed E-state index contributed by atoms with van der Waals surface area (Å²) >= 11 is 6.12. The van der Waals surface area contributed by atoms with E-state index in [-0.39, 0.29) is 6.61 Å². The summed E-state index contributed by atoms with van der Waals surface area (Å²) in [5.74, 6) is 0. The van der Waals surface area contributed by atoms with Crippen LogP contribution >= 0.6 is 11.6 Å². The highest BCUT2D eigenvalue weighted by atomic mass is 35.5. The summed E-state index contributed by atoms with van der Waals surface area (Å²) in [5.41, 5.74) is 1.93. The van der Waals surface area contributed by atoms with Crippen LogP contribution in [0.15, 0.2) is 18.2 Å². The normalized spacial score (nSPS) is 21.9. The zero-order valence-electron chi connectivity index (χ0n) is 10.4. The third-order valence-electron chi connectivity index (χ3n) is 3.53. The number of aliphatic hydroxyl groups is 1. The molecule has 1 aliphatic rings. The van der Waals surface area contributed by atoms with Crippen molar-refractivity contribution in [3.63, 3.8) is 0 Å². The number of likely N-dealkylation sites (N-methyl/N-ethyl adjacent to an activating group) is 1. The molecular weight excluding hydrogens is 236 g/mol. The van der Waals surface area contributed by atoms with Crippen molar-refractivity contribution in [2.24, 2.45) is 0 Å². The molecule has 0 bridgehead atoms. The van der Waals surface area contributed by atoms with Crippen molar-refractivity contribution in [3.8, 4) is 0 Å². The summed E-state index contributed by atoms with van der Waals surface area (Å²) in [4.78, 5) is 4.71. The molecule has 1 N–H and O–H groups in total. The van der Waals surface area contributed by atoms with Crippen LogP contribution in [0.25, 0.3) is 0 Å². The minimum atomic E-state index is -0.00173. The first-order valence-electron chi connectivity index (χ1n) is 5.96. The molecule has 1 aromatic carbocycles. The Balaban J connectivity index is 2.15. The highest BCUT2D eigenvalue weighted by Crippen LogP contribution is 2.25. The molecule has 3 nitrogen and oxygen atoms in total. The Morgan fingerprint density at radius 2 is 2.18 bits per heavy atom. The molecule has 1 aliphatic heterocycles. The van der Waals surface area contributed by atoms with Crippen LogP contribution in [0.1, 0.15) is 12.5 Å². The molecule has 1 unspecified atom stereocenters. The Labute approximate surface area is 108 Å². The molecule has 0 aliphatic carbocycles. The van der Waals surface area contributed by atoms with Gasteiger partial charge in [0.15, 0.2) is 0 Å². The first kappa shape index (κ1) is 12.7. The maximum atomic E-state index is 9.09. The summed E-state index contributed by atoms with van der Waals surface area (Å²) in [6, 6.07) is 6.45. The van der Waals surface area contributed by atoms with E-state index in [1.807, 2.05) is 18.2 Å². The summed E-state index contributed by atoms with van der Waals surface area (Å²) in [5, 5.41) is 9.74.